The number of allylic oxidation sites excluding steroid dienone is 2. The van der Waals surface area contributed by atoms with Gasteiger partial charge in [-0.15, -0.1) is 0 Å². The third-order valence-corrected chi connectivity index (χ3v) is 4.27. The SMILES string of the molecule is CC(C)C/C=C\CC(C)C(=O)OC1CCC2CC1OC2=O. The Hall–Kier alpha value is -1.32. The van der Waals surface area contributed by atoms with Crippen LogP contribution in [0.5, 0.6) is 0 Å². The molecule has 118 valence electrons. The van der Waals surface area contributed by atoms with E-state index in [-0.39, 0.29) is 36.0 Å². The van der Waals surface area contributed by atoms with Gasteiger partial charge >= 0.3 is 11.9 Å². The Bertz CT molecular complexity index is 413. The summed E-state index contributed by atoms with van der Waals surface area (Å²) >= 11 is 0. The van der Waals surface area contributed by atoms with E-state index in [1.807, 2.05) is 6.92 Å². The van der Waals surface area contributed by atoms with Gasteiger partial charge in [-0.2, -0.15) is 0 Å². The highest BCUT2D eigenvalue weighted by atomic mass is 16.6. The van der Waals surface area contributed by atoms with Crippen LogP contribution < -0.4 is 0 Å². The molecule has 0 aromatic heterocycles. The highest BCUT2D eigenvalue weighted by Gasteiger charge is 2.45. The van der Waals surface area contributed by atoms with Crippen molar-refractivity contribution < 1.29 is 19.1 Å². The maximum atomic E-state index is 12.1. The summed E-state index contributed by atoms with van der Waals surface area (Å²) in [6.45, 7) is 6.22. The predicted octanol–water partition coefficient (Wildman–Crippen LogP) is 3.25. The highest BCUT2D eigenvalue weighted by molar-refractivity contribution is 5.76. The summed E-state index contributed by atoms with van der Waals surface area (Å²) in [7, 11) is 0. The first kappa shape index (κ1) is 16.1. The largest absolute Gasteiger partial charge is 0.458 e. The van der Waals surface area contributed by atoms with Gasteiger partial charge in [0.05, 0.1) is 11.8 Å². The molecule has 1 heterocycles. The fourth-order valence-electron chi connectivity index (χ4n) is 2.85. The standard InChI is InChI=1S/C17H26O4/c1-11(2)6-4-5-7-12(3)16(18)20-14-9-8-13-10-15(14)21-17(13)19/h4-5,11-15H,6-10H2,1-3H3/b5-4-. The van der Waals surface area contributed by atoms with Gasteiger partial charge in [-0.3, -0.25) is 9.59 Å². The minimum atomic E-state index is -0.248. The number of ether oxygens (including phenoxy) is 2. The Labute approximate surface area is 126 Å². The van der Waals surface area contributed by atoms with Crippen LogP contribution in [0.2, 0.25) is 0 Å². The molecule has 2 bridgehead atoms. The fraction of sp³-hybridized carbons (Fsp3) is 0.765. The van der Waals surface area contributed by atoms with Gasteiger partial charge in [0.25, 0.3) is 0 Å². The summed E-state index contributed by atoms with van der Waals surface area (Å²) in [5.41, 5.74) is 0. The van der Waals surface area contributed by atoms with Crippen LogP contribution >= 0.6 is 0 Å². The summed E-state index contributed by atoms with van der Waals surface area (Å²) in [5, 5.41) is 0. The lowest BCUT2D eigenvalue weighted by molar-refractivity contribution is -0.164. The molecular weight excluding hydrogens is 268 g/mol. The van der Waals surface area contributed by atoms with Gasteiger partial charge in [0.1, 0.15) is 12.2 Å². The smallest absolute Gasteiger partial charge is 0.309 e. The van der Waals surface area contributed by atoms with Gasteiger partial charge in [0.2, 0.25) is 0 Å². The van der Waals surface area contributed by atoms with E-state index < -0.39 is 0 Å². The van der Waals surface area contributed by atoms with Gasteiger partial charge in [-0.05, 0) is 31.6 Å². The molecule has 0 amide bonds. The van der Waals surface area contributed by atoms with Crippen molar-refractivity contribution in [3.8, 4) is 0 Å². The molecule has 0 radical (unpaired) electrons. The average Bonchev–Trinajstić information content (AvgIpc) is 2.73. The molecule has 0 spiro atoms. The van der Waals surface area contributed by atoms with Crippen molar-refractivity contribution in [2.45, 2.75) is 65.1 Å². The van der Waals surface area contributed by atoms with Crippen molar-refractivity contribution in [1.82, 2.24) is 0 Å². The molecule has 2 aliphatic rings. The number of hydrogen-bond donors (Lipinski definition) is 0. The van der Waals surface area contributed by atoms with E-state index in [0.717, 1.165) is 19.3 Å². The van der Waals surface area contributed by atoms with Gasteiger partial charge in [-0.25, -0.2) is 0 Å². The molecule has 0 aromatic carbocycles. The quantitative estimate of drug-likeness (QED) is 0.557. The van der Waals surface area contributed by atoms with E-state index in [9.17, 15) is 9.59 Å². The van der Waals surface area contributed by atoms with Crippen LogP contribution in [0.15, 0.2) is 12.2 Å². The minimum Gasteiger partial charge on any atom is -0.458 e. The van der Waals surface area contributed by atoms with E-state index in [0.29, 0.717) is 18.8 Å². The Morgan fingerprint density at radius 1 is 1.29 bits per heavy atom. The lowest BCUT2D eigenvalue weighted by atomic mass is 9.88. The summed E-state index contributed by atoms with van der Waals surface area (Å²) < 4.78 is 10.8. The Kier molecular flexibility index (Phi) is 5.43. The normalized spacial score (nSPS) is 29.7. The first-order valence-electron chi connectivity index (χ1n) is 8.03. The minimum absolute atomic E-state index is 0.0290. The van der Waals surface area contributed by atoms with Crippen LogP contribution in [0.25, 0.3) is 0 Å². The van der Waals surface area contributed by atoms with Crippen molar-refractivity contribution in [3.63, 3.8) is 0 Å². The molecule has 1 saturated heterocycles. The van der Waals surface area contributed by atoms with E-state index in [1.54, 1.807) is 0 Å². The number of fused-ring (bicyclic) bond motifs is 2. The van der Waals surface area contributed by atoms with Crippen molar-refractivity contribution in [2.24, 2.45) is 17.8 Å². The molecule has 2 rings (SSSR count). The van der Waals surface area contributed by atoms with Crippen LogP contribution in [-0.4, -0.2) is 24.1 Å². The van der Waals surface area contributed by atoms with Crippen molar-refractivity contribution in [2.75, 3.05) is 0 Å². The molecule has 1 aliphatic carbocycles. The highest BCUT2D eigenvalue weighted by Crippen LogP contribution is 2.36. The predicted molar refractivity (Wildman–Crippen MR) is 79.5 cm³/mol. The lowest BCUT2D eigenvalue weighted by Crippen LogP contribution is -2.35. The molecule has 2 fully saturated rings. The Balaban J connectivity index is 1.76. The maximum absolute atomic E-state index is 12.1. The molecule has 0 N–H and O–H groups in total. The van der Waals surface area contributed by atoms with E-state index in [1.165, 1.54) is 0 Å². The summed E-state index contributed by atoms with van der Waals surface area (Å²) in [6.07, 6.45) is 7.66. The fourth-order valence-corrected chi connectivity index (χ4v) is 2.85. The zero-order valence-electron chi connectivity index (χ0n) is 13.2. The third kappa shape index (κ3) is 4.32. The molecule has 4 heteroatoms. The molecular formula is C17H26O4. The number of carbonyl (C=O) groups excluding carboxylic acids is 2. The van der Waals surface area contributed by atoms with E-state index >= 15 is 0 Å². The second kappa shape index (κ2) is 7.10. The molecule has 4 atom stereocenters. The monoisotopic (exact) mass is 294 g/mol. The van der Waals surface area contributed by atoms with Crippen LogP contribution in [0.1, 0.15) is 52.9 Å². The van der Waals surface area contributed by atoms with Crippen LogP contribution in [0.3, 0.4) is 0 Å². The second-order valence-corrected chi connectivity index (χ2v) is 6.70. The molecule has 1 aliphatic heterocycles. The van der Waals surface area contributed by atoms with Crippen molar-refractivity contribution in [1.29, 1.82) is 0 Å². The number of hydrogen-bond acceptors (Lipinski definition) is 4. The average molecular weight is 294 g/mol. The van der Waals surface area contributed by atoms with Crippen LogP contribution in [-0.2, 0) is 19.1 Å². The zero-order chi connectivity index (χ0) is 15.4. The summed E-state index contributed by atoms with van der Waals surface area (Å²) in [5.74, 6) is 0.208. The first-order chi connectivity index (χ1) is 9.97. The Morgan fingerprint density at radius 3 is 2.71 bits per heavy atom. The zero-order valence-corrected chi connectivity index (χ0v) is 13.2. The van der Waals surface area contributed by atoms with E-state index in [2.05, 4.69) is 26.0 Å². The van der Waals surface area contributed by atoms with Crippen molar-refractivity contribution in [3.05, 3.63) is 12.2 Å². The third-order valence-electron chi connectivity index (χ3n) is 4.27. The number of rotatable bonds is 6. The van der Waals surface area contributed by atoms with E-state index in [4.69, 9.17) is 9.47 Å². The molecule has 4 unspecified atom stereocenters. The first-order valence-corrected chi connectivity index (χ1v) is 8.03. The van der Waals surface area contributed by atoms with Crippen LogP contribution in [0, 0.1) is 17.8 Å². The number of esters is 2. The van der Waals surface area contributed by atoms with Crippen LogP contribution in [0.4, 0.5) is 0 Å². The van der Waals surface area contributed by atoms with Gasteiger partial charge in [0.15, 0.2) is 0 Å². The number of carbonyl (C=O) groups is 2. The summed E-state index contributed by atoms with van der Waals surface area (Å²) in [4.78, 5) is 23.6. The topological polar surface area (TPSA) is 52.6 Å². The lowest BCUT2D eigenvalue weighted by Gasteiger charge is -2.26. The summed E-state index contributed by atoms with van der Waals surface area (Å²) in [6, 6.07) is 0. The molecule has 0 aromatic rings. The maximum Gasteiger partial charge on any atom is 0.309 e. The van der Waals surface area contributed by atoms with Gasteiger partial charge < -0.3 is 9.47 Å². The molecule has 4 nitrogen and oxygen atoms in total. The van der Waals surface area contributed by atoms with Crippen molar-refractivity contribution >= 4 is 11.9 Å². The van der Waals surface area contributed by atoms with Gasteiger partial charge in [-0.1, -0.05) is 32.9 Å². The molecule has 1 saturated carbocycles. The van der Waals surface area contributed by atoms with Gasteiger partial charge in [0, 0.05) is 6.42 Å². The Morgan fingerprint density at radius 2 is 2.00 bits per heavy atom. The molecule has 21 heavy (non-hydrogen) atoms. The second-order valence-electron chi connectivity index (χ2n) is 6.70.